The summed E-state index contributed by atoms with van der Waals surface area (Å²) >= 11 is 0. The fourth-order valence-corrected chi connectivity index (χ4v) is 3.21. The highest BCUT2D eigenvalue weighted by Gasteiger charge is 2.17. The maximum Gasteiger partial charge on any atom is 0.229 e. The lowest BCUT2D eigenvalue weighted by molar-refractivity contribution is 0.299. The van der Waals surface area contributed by atoms with Crippen molar-refractivity contribution < 1.29 is 5.11 Å². The van der Waals surface area contributed by atoms with Crippen molar-refractivity contribution >= 4 is 23.1 Å². The van der Waals surface area contributed by atoms with Crippen LogP contribution < -0.4 is 10.2 Å². The number of aromatic nitrogens is 2. The summed E-state index contributed by atoms with van der Waals surface area (Å²) in [4.78, 5) is 11.5. The molecule has 3 aromatic rings. The number of benzene rings is 2. The van der Waals surface area contributed by atoms with Crippen LogP contribution in [0.1, 0.15) is 22.4 Å². The number of anilines is 4. The minimum absolute atomic E-state index is 0.0589. The van der Waals surface area contributed by atoms with Gasteiger partial charge >= 0.3 is 0 Å². The average Bonchev–Trinajstić information content (AvgIpc) is 2.65. The molecule has 5 heteroatoms. The monoisotopic (exact) mass is 362 g/mol. The number of aliphatic hydroxyl groups is 1. The molecule has 3 rings (SSSR count). The van der Waals surface area contributed by atoms with E-state index in [4.69, 9.17) is 4.98 Å². The third kappa shape index (κ3) is 4.09. The van der Waals surface area contributed by atoms with Crippen LogP contribution >= 0.6 is 0 Å². The summed E-state index contributed by atoms with van der Waals surface area (Å²) < 4.78 is 0. The summed E-state index contributed by atoms with van der Waals surface area (Å²) in [5.74, 6) is 1.36. The summed E-state index contributed by atoms with van der Waals surface area (Å²) in [6.45, 7) is 6.15. The zero-order valence-corrected chi connectivity index (χ0v) is 16.3. The van der Waals surface area contributed by atoms with E-state index < -0.39 is 0 Å². The van der Waals surface area contributed by atoms with Gasteiger partial charge in [0.25, 0.3) is 0 Å². The zero-order valence-electron chi connectivity index (χ0n) is 16.3. The summed E-state index contributed by atoms with van der Waals surface area (Å²) in [6.07, 6.45) is 0.516. The minimum atomic E-state index is 0.0589. The molecule has 1 heterocycles. The van der Waals surface area contributed by atoms with Crippen LogP contribution in [0, 0.1) is 20.8 Å². The van der Waals surface area contributed by atoms with Gasteiger partial charge in [0.15, 0.2) is 0 Å². The molecule has 140 valence electrons. The van der Waals surface area contributed by atoms with Gasteiger partial charge in [0, 0.05) is 42.7 Å². The first-order chi connectivity index (χ1) is 13.0. The average molecular weight is 362 g/mol. The van der Waals surface area contributed by atoms with E-state index in [2.05, 4.69) is 47.2 Å². The Kier molecular flexibility index (Phi) is 5.72. The molecule has 5 nitrogen and oxygen atoms in total. The summed E-state index contributed by atoms with van der Waals surface area (Å²) in [5, 5.41) is 12.9. The second kappa shape index (κ2) is 8.18. The number of nitrogens with zero attached hydrogens (tertiary/aromatic N) is 3. The van der Waals surface area contributed by atoms with Gasteiger partial charge in [0.2, 0.25) is 5.95 Å². The van der Waals surface area contributed by atoms with E-state index in [1.165, 1.54) is 5.56 Å². The van der Waals surface area contributed by atoms with Gasteiger partial charge in [-0.2, -0.15) is 4.98 Å². The second-order valence-corrected chi connectivity index (χ2v) is 6.69. The molecule has 0 bridgehead atoms. The standard InChI is InChI=1S/C22H26N4O/c1-15-9-5-7-11-19(15)24-22-23-17(3)18(13-14-27)21(25-22)26(4)20-12-8-6-10-16(20)2/h5-12,27H,13-14H2,1-4H3,(H,23,24,25). The molecule has 2 aromatic carbocycles. The first kappa shape index (κ1) is 18.9. The number of aryl methyl sites for hydroxylation is 3. The van der Waals surface area contributed by atoms with Gasteiger partial charge in [-0.1, -0.05) is 36.4 Å². The molecule has 0 aliphatic carbocycles. The number of aliphatic hydroxyl groups excluding tert-OH is 1. The van der Waals surface area contributed by atoms with Gasteiger partial charge in [-0.25, -0.2) is 4.98 Å². The lowest BCUT2D eigenvalue weighted by Crippen LogP contribution is -2.18. The highest BCUT2D eigenvalue weighted by Crippen LogP contribution is 2.31. The molecule has 0 aliphatic rings. The largest absolute Gasteiger partial charge is 0.396 e. The summed E-state index contributed by atoms with van der Waals surface area (Å²) in [5.41, 5.74) is 6.18. The predicted molar refractivity (Wildman–Crippen MR) is 111 cm³/mol. The van der Waals surface area contributed by atoms with E-state index in [-0.39, 0.29) is 6.61 Å². The van der Waals surface area contributed by atoms with Gasteiger partial charge in [-0.05, 0) is 44.0 Å². The van der Waals surface area contributed by atoms with E-state index in [9.17, 15) is 5.11 Å². The third-order valence-corrected chi connectivity index (χ3v) is 4.74. The molecule has 0 fully saturated rings. The smallest absolute Gasteiger partial charge is 0.229 e. The van der Waals surface area contributed by atoms with Crippen LogP contribution in [0.25, 0.3) is 0 Å². The first-order valence-electron chi connectivity index (χ1n) is 9.11. The van der Waals surface area contributed by atoms with E-state index in [0.29, 0.717) is 12.4 Å². The number of rotatable bonds is 6. The van der Waals surface area contributed by atoms with Crippen molar-refractivity contribution in [2.45, 2.75) is 27.2 Å². The van der Waals surface area contributed by atoms with Gasteiger partial charge in [0.05, 0.1) is 0 Å². The van der Waals surface area contributed by atoms with E-state index >= 15 is 0 Å². The first-order valence-corrected chi connectivity index (χ1v) is 9.11. The molecular weight excluding hydrogens is 336 g/mol. The number of hydrogen-bond donors (Lipinski definition) is 2. The van der Waals surface area contributed by atoms with E-state index in [1.807, 2.05) is 44.3 Å². The van der Waals surface area contributed by atoms with Crippen molar-refractivity contribution in [3.8, 4) is 0 Å². The maximum absolute atomic E-state index is 9.53. The van der Waals surface area contributed by atoms with Crippen molar-refractivity contribution in [3.05, 3.63) is 70.9 Å². The van der Waals surface area contributed by atoms with Crippen molar-refractivity contribution in [3.63, 3.8) is 0 Å². The molecule has 27 heavy (non-hydrogen) atoms. The maximum atomic E-state index is 9.53. The van der Waals surface area contributed by atoms with Crippen LogP contribution in [0.2, 0.25) is 0 Å². The minimum Gasteiger partial charge on any atom is -0.396 e. The lowest BCUT2D eigenvalue weighted by Gasteiger charge is -2.24. The number of para-hydroxylation sites is 2. The Balaban J connectivity index is 2.06. The SMILES string of the molecule is Cc1ccccc1Nc1nc(C)c(CCO)c(N(C)c2ccccc2C)n1. The van der Waals surface area contributed by atoms with E-state index in [1.54, 1.807) is 0 Å². The van der Waals surface area contributed by atoms with Crippen LogP contribution in [-0.2, 0) is 6.42 Å². The van der Waals surface area contributed by atoms with Gasteiger partial charge in [-0.15, -0.1) is 0 Å². The Morgan fingerprint density at radius 1 is 0.926 bits per heavy atom. The topological polar surface area (TPSA) is 61.3 Å². The second-order valence-electron chi connectivity index (χ2n) is 6.69. The van der Waals surface area contributed by atoms with E-state index in [0.717, 1.165) is 34.0 Å². The molecule has 0 spiro atoms. The lowest BCUT2D eigenvalue weighted by atomic mass is 10.1. The van der Waals surface area contributed by atoms with Crippen LogP contribution in [0.3, 0.4) is 0 Å². The van der Waals surface area contributed by atoms with Gasteiger partial charge in [0.1, 0.15) is 5.82 Å². The molecule has 2 N–H and O–H groups in total. The Morgan fingerprint density at radius 2 is 1.59 bits per heavy atom. The van der Waals surface area contributed by atoms with Crippen molar-refractivity contribution in [2.24, 2.45) is 0 Å². The van der Waals surface area contributed by atoms with Gasteiger partial charge in [-0.3, -0.25) is 0 Å². The molecule has 0 saturated heterocycles. The Labute approximate surface area is 160 Å². The van der Waals surface area contributed by atoms with Gasteiger partial charge < -0.3 is 15.3 Å². The highest BCUT2D eigenvalue weighted by molar-refractivity contribution is 5.68. The Bertz CT molecular complexity index is 939. The van der Waals surface area contributed by atoms with Crippen molar-refractivity contribution in [1.82, 2.24) is 9.97 Å². The predicted octanol–water partition coefficient (Wildman–Crippen LogP) is 4.45. The van der Waals surface area contributed by atoms with Crippen molar-refractivity contribution in [1.29, 1.82) is 0 Å². The Morgan fingerprint density at radius 3 is 2.26 bits per heavy atom. The fraction of sp³-hybridized carbons (Fsp3) is 0.273. The molecular formula is C22H26N4O. The highest BCUT2D eigenvalue weighted by atomic mass is 16.3. The summed E-state index contributed by atoms with van der Waals surface area (Å²) in [7, 11) is 2.00. The molecule has 0 amide bonds. The molecule has 0 radical (unpaired) electrons. The molecule has 0 unspecified atom stereocenters. The third-order valence-electron chi connectivity index (χ3n) is 4.74. The number of nitrogens with one attached hydrogen (secondary N) is 1. The molecule has 0 saturated carbocycles. The van der Waals surface area contributed by atoms with Crippen molar-refractivity contribution in [2.75, 3.05) is 23.9 Å². The van der Waals surface area contributed by atoms with Crippen LogP contribution in [0.5, 0.6) is 0 Å². The Hall–Kier alpha value is -2.92. The quantitative estimate of drug-likeness (QED) is 0.678. The molecule has 0 atom stereocenters. The normalized spacial score (nSPS) is 10.7. The van der Waals surface area contributed by atoms with Crippen LogP contribution in [-0.4, -0.2) is 28.7 Å². The van der Waals surface area contributed by atoms with Crippen LogP contribution in [0.4, 0.5) is 23.1 Å². The molecule has 0 aliphatic heterocycles. The molecule has 1 aromatic heterocycles. The number of hydrogen-bond acceptors (Lipinski definition) is 5. The zero-order chi connectivity index (χ0) is 19.4. The van der Waals surface area contributed by atoms with Crippen LogP contribution in [0.15, 0.2) is 48.5 Å². The summed E-state index contributed by atoms with van der Waals surface area (Å²) in [6, 6.07) is 16.3. The fourth-order valence-electron chi connectivity index (χ4n) is 3.21.